The molecule has 11 aromatic rings. The highest BCUT2D eigenvalue weighted by Crippen LogP contribution is 2.46. The van der Waals surface area contributed by atoms with E-state index >= 15 is 0 Å². The maximum absolute atomic E-state index is 5.54. The Kier molecular flexibility index (Phi) is 11.3. The first-order chi connectivity index (χ1) is 34.4. The lowest BCUT2D eigenvalue weighted by Crippen LogP contribution is -2.16. The van der Waals surface area contributed by atoms with Gasteiger partial charge in [-0.1, -0.05) is 173 Å². The largest absolute Gasteiger partial charge is 0.354 e. The quantitative estimate of drug-likeness (QED) is 0.185. The first-order valence-corrected chi connectivity index (χ1v) is 28.2. The number of aromatic amines is 2. The zero-order valence-corrected chi connectivity index (χ0v) is 48.7. The molecule has 0 aliphatic rings. The van der Waals surface area contributed by atoms with E-state index in [0.29, 0.717) is 0 Å². The Bertz CT molecular complexity index is 3950. The molecule has 0 aliphatic carbocycles. The molecule has 0 unspecified atom stereocenters. The number of aromatic nitrogens is 4. The predicted molar refractivity (Wildman–Crippen MR) is 325 cm³/mol. The summed E-state index contributed by atoms with van der Waals surface area (Å²) in [6.07, 6.45) is 0. The molecule has 0 saturated carbocycles. The third-order valence-electron chi connectivity index (χ3n) is 15.5. The highest BCUT2D eigenvalue weighted by atomic mass is 32.1. The minimum absolute atomic E-state index is 0.0166. The van der Waals surface area contributed by atoms with E-state index in [-0.39, 0.29) is 32.5 Å². The van der Waals surface area contributed by atoms with Gasteiger partial charge in [-0.2, -0.15) is 0 Å². The van der Waals surface area contributed by atoms with Crippen molar-refractivity contribution >= 4 is 86.7 Å². The maximum atomic E-state index is 5.54. The first kappa shape index (κ1) is 50.1. The minimum atomic E-state index is -0.0394. The number of thiazole rings is 2. The van der Waals surface area contributed by atoms with Crippen LogP contribution in [0.2, 0.25) is 0 Å². The molecule has 4 aromatic heterocycles. The molecule has 0 radical (unpaired) electrons. The van der Waals surface area contributed by atoms with Gasteiger partial charge in [0.1, 0.15) is 10.0 Å². The van der Waals surface area contributed by atoms with E-state index in [4.69, 9.17) is 9.97 Å². The van der Waals surface area contributed by atoms with Gasteiger partial charge < -0.3 is 9.97 Å². The number of nitrogens with zero attached hydrogens (tertiary/aromatic N) is 2. The topological polar surface area (TPSA) is 57.4 Å². The van der Waals surface area contributed by atoms with E-state index in [2.05, 4.69) is 244 Å². The second kappa shape index (κ2) is 16.7. The van der Waals surface area contributed by atoms with Crippen LogP contribution in [0, 0.1) is 0 Å². The average Bonchev–Trinajstić information content (AvgIpc) is 4.10. The Morgan fingerprint density at radius 2 is 0.662 bits per heavy atom. The minimum Gasteiger partial charge on any atom is -0.354 e. The third kappa shape index (κ3) is 8.98. The molecule has 0 saturated heterocycles. The third-order valence-corrected chi connectivity index (χ3v) is 17.6. The fourth-order valence-corrected chi connectivity index (χ4v) is 12.5. The molecule has 0 spiro atoms. The molecule has 7 aromatic carbocycles. The standard InChI is InChI=1S/C68H74N4S2/c1-63(2,3)41-20-22-54-48(32-41)50-33-46(68(16,17)18)34-52(60(50)70-54)62-72-56-36-57-55(35-58(56)74-62)71-61(73-57)51-29-40(39-25-44(66(10,11)12)31-45(26-39)67(13,14)15)28-49-47-27-37(19-21-53(47)69-59(49)51)38-23-42(64(4,5)6)30-43(24-38)65(7,8)9/h19-36,69-70H,1-18H3. The molecule has 0 amide bonds. The normalized spacial score (nSPS) is 13.5. The molecule has 4 heterocycles. The Morgan fingerprint density at radius 3 is 1.12 bits per heavy atom. The average molecular weight is 1010 g/mol. The van der Waals surface area contributed by atoms with Crippen LogP contribution in [0.4, 0.5) is 0 Å². The Balaban J connectivity index is 1.10. The van der Waals surface area contributed by atoms with Crippen molar-refractivity contribution in [1.82, 2.24) is 19.9 Å². The molecule has 2 N–H and O–H groups in total. The van der Waals surface area contributed by atoms with E-state index in [1.165, 1.54) is 77.2 Å². The number of hydrogen-bond acceptors (Lipinski definition) is 4. The molecule has 6 heteroatoms. The number of benzene rings is 7. The van der Waals surface area contributed by atoms with Crippen LogP contribution in [0.25, 0.3) is 107 Å². The lowest BCUT2D eigenvalue weighted by Gasteiger charge is -2.26. The van der Waals surface area contributed by atoms with Crippen LogP contribution in [0.15, 0.2) is 109 Å². The first-order valence-electron chi connectivity index (χ1n) is 26.6. The van der Waals surface area contributed by atoms with Crippen LogP contribution < -0.4 is 0 Å². The van der Waals surface area contributed by atoms with E-state index in [1.807, 2.05) is 0 Å². The van der Waals surface area contributed by atoms with Crippen molar-refractivity contribution in [2.24, 2.45) is 0 Å². The predicted octanol–water partition coefficient (Wildman–Crippen LogP) is 20.6. The fraction of sp³-hybridized carbons (Fsp3) is 0.353. The number of H-pyrrole nitrogens is 2. The lowest BCUT2D eigenvalue weighted by atomic mass is 9.78. The van der Waals surface area contributed by atoms with Gasteiger partial charge in [-0.3, -0.25) is 0 Å². The highest BCUT2D eigenvalue weighted by Gasteiger charge is 2.27. The van der Waals surface area contributed by atoms with Crippen molar-refractivity contribution in [1.29, 1.82) is 0 Å². The van der Waals surface area contributed by atoms with Crippen molar-refractivity contribution in [2.75, 3.05) is 0 Å². The van der Waals surface area contributed by atoms with Gasteiger partial charge >= 0.3 is 0 Å². The summed E-state index contributed by atoms with van der Waals surface area (Å²) in [6.45, 7) is 41.7. The summed E-state index contributed by atoms with van der Waals surface area (Å²) >= 11 is 3.53. The molecule has 0 aliphatic heterocycles. The van der Waals surface area contributed by atoms with Crippen molar-refractivity contribution in [3.63, 3.8) is 0 Å². The Labute approximate surface area is 447 Å². The van der Waals surface area contributed by atoms with Gasteiger partial charge in [0, 0.05) is 43.7 Å². The second-order valence-electron chi connectivity index (χ2n) is 27.6. The van der Waals surface area contributed by atoms with Gasteiger partial charge in [0.05, 0.1) is 31.5 Å². The maximum Gasteiger partial charge on any atom is 0.126 e. The highest BCUT2D eigenvalue weighted by molar-refractivity contribution is 7.23. The van der Waals surface area contributed by atoms with Gasteiger partial charge in [-0.15, -0.1) is 22.7 Å². The molecule has 0 fully saturated rings. The van der Waals surface area contributed by atoms with Crippen molar-refractivity contribution in [2.45, 2.75) is 157 Å². The molecule has 11 rings (SSSR count). The van der Waals surface area contributed by atoms with Gasteiger partial charge in [-0.05, 0) is 149 Å². The summed E-state index contributed by atoms with van der Waals surface area (Å²) in [4.78, 5) is 18.8. The van der Waals surface area contributed by atoms with Gasteiger partial charge in [0.25, 0.3) is 0 Å². The van der Waals surface area contributed by atoms with Gasteiger partial charge in [0.2, 0.25) is 0 Å². The smallest absolute Gasteiger partial charge is 0.126 e. The number of nitrogens with one attached hydrogen (secondary N) is 2. The van der Waals surface area contributed by atoms with E-state index in [0.717, 1.165) is 63.6 Å². The zero-order chi connectivity index (χ0) is 53.0. The molecular formula is C68H74N4S2. The summed E-state index contributed by atoms with van der Waals surface area (Å²) in [6, 6.07) is 42.5. The van der Waals surface area contributed by atoms with Gasteiger partial charge in [-0.25, -0.2) is 9.97 Å². The van der Waals surface area contributed by atoms with E-state index in [1.54, 1.807) is 22.7 Å². The molecule has 0 atom stereocenters. The molecule has 74 heavy (non-hydrogen) atoms. The monoisotopic (exact) mass is 1010 g/mol. The Morgan fingerprint density at radius 1 is 0.311 bits per heavy atom. The Hall–Kier alpha value is -6.08. The second-order valence-corrected chi connectivity index (χ2v) is 29.6. The molecule has 378 valence electrons. The number of rotatable bonds is 4. The summed E-state index contributed by atoms with van der Waals surface area (Å²) < 4.78 is 2.27. The van der Waals surface area contributed by atoms with E-state index < -0.39 is 0 Å². The lowest BCUT2D eigenvalue weighted by molar-refractivity contribution is 0.568. The zero-order valence-electron chi connectivity index (χ0n) is 47.1. The number of hydrogen-bond donors (Lipinski definition) is 2. The van der Waals surface area contributed by atoms with E-state index in [9.17, 15) is 0 Å². The summed E-state index contributed by atoms with van der Waals surface area (Å²) in [5.41, 5.74) is 21.8. The summed E-state index contributed by atoms with van der Waals surface area (Å²) in [5, 5.41) is 6.97. The van der Waals surface area contributed by atoms with Crippen LogP contribution >= 0.6 is 22.7 Å². The molecule has 0 bridgehead atoms. The molecular weight excluding hydrogens is 937 g/mol. The van der Waals surface area contributed by atoms with Crippen LogP contribution in [0.3, 0.4) is 0 Å². The fourth-order valence-electron chi connectivity index (χ4n) is 10.5. The summed E-state index contributed by atoms with van der Waals surface area (Å²) in [5.74, 6) is 0. The number of fused-ring (bicyclic) bond motifs is 8. The van der Waals surface area contributed by atoms with Crippen LogP contribution in [-0.4, -0.2) is 19.9 Å². The SMILES string of the molecule is CC(C)(C)c1cc(-c2ccc3[nH]c4c(-c5nc6cc7sc(-c8cc(C(C)(C)C)cc9c8[nH]c8ccc(C(C)(C)C)cc89)nc7cc6s5)cc(-c5cc(C(C)(C)C)cc(C(C)(C)C)c5)cc4c3c2)cc(C(C)(C)C)c1. The van der Waals surface area contributed by atoms with Crippen LogP contribution in [0.5, 0.6) is 0 Å². The van der Waals surface area contributed by atoms with Crippen molar-refractivity contribution in [3.05, 3.63) is 143 Å². The van der Waals surface area contributed by atoms with Crippen LogP contribution in [-0.2, 0) is 32.5 Å². The summed E-state index contributed by atoms with van der Waals surface area (Å²) in [7, 11) is 0. The van der Waals surface area contributed by atoms with Crippen LogP contribution in [0.1, 0.15) is 158 Å². The van der Waals surface area contributed by atoms with Crippen molar-refractivity contribution < 1.29 is 0 Å². The van der Waals surface area contributed by atoms with Crippen molar-refractivity contribution in [3.8, 4) is 43.4 Å². The van der Waals surface area contributed by atoms with Gasteiger partial charge in [0.15, 0.2) is 0 Å². The molecule has 4 nitrogen and oxygen atoms in total.